The normalized spacial score (nSPS) is 12.4. The molecule has 0 fully saturated rings. The van der Waals surface area contributed by atoms with Crippen LogP contribution in [0.2, 0.25) is 0 Å². The molecular formula is C14H24N2O3S. The maximum Gasteiger partial charge on any atom is 0.240 e. The van der Waals surface area contributed by atoms with Gasteiger partial charge in [-0.2, -0.15) is 0 Å². The van der Waals surface area contributed by atoms with E-state index in [9.17, 15) is 8.42 Å². The molecule has 0 saturated carbocycles. The highest BCUT2D eigenvalue weighted by Gasteiger charge is 2.24. The second-order valence-corrected chi connectivity index (χ2v) is 6.79. The summed E-state index contributed by atoms with van der Waals surface area (Å²) >= 11 is 0. The lowest BCUT2D eigenvalue weighted by atomic mass is 9.95. The van der Waals surface area contributed by atoms with E-state index >= 15 is 0 Å². The maximum atomic E-state index is 12.3. The van der Waals surface area contributed by atoms with Crippen LogP contribution in [0.1, 0.15) is 32.3 Å². The molecular weight excluding hydrogens is 276 g/mol. The Labute approximate surface area is 121 Å². The predicted molar refractivity (Wildman–Crippen MR) is 80.4 cm³/mol. The molecule has 0 atom stereocenters. The van der Waals surface area contributed by atoms with Crippen molar-refractivity contribution in [2.24, 2.45) is 5.73 Å². The summed E-state index contributed by atoms with van der Waals surface area (Å²) < 4.78 is 32.2. The molecule has 0 heterocycles. The summed E-state index contributed by atoms with van der Waals surface area (Å²) in [5, 5.41) is 0. The molecule has 3 N–H and O–H groups in total. The third-order valence-corrected chi connectivity index (χ3v) is 5.10. The van der Waals surface area contributed by atoms with Gasteiger partial charge in [0.15, 0.2) is 0 Å². The summed E-state index contributed by atoms with van der Waals surface area (Å²) in [5.74, 6) is 0.666. The number of aryl methyl sites for hydroxylation is 1. The molecule has 0 aliphatic rings. The summed E-state index contributed by atoms with van der Waals surface area (Å²) in [6.45, 7) is 5.95. The van der Waals surface area contributed by atoms with Crippen molar-refractivity contribution < 1.29 is 13.2 Å². The Balaban J connectivity index is 2.92. The molecule has 20 heavy (non-hydrogen) atoms. The standard InChI is InChI=1S/C14H24N2O3S/c1-5-14(15,6-2)10-16-20(17,18)12-7-8-13(19-4)11(3)9-12/h7-9,16H,5-6,10,15H2,1-4H3. The quantitative estimate of drug-likeness (QED) is 0.804. The lowest BCUT2D eigenvalue weighted by Crippen LogP contribution is -2.49. The number of benzene rings is 1. The zero-order valence-electron chi connectivity index (χ0n) is 12.6. The number of nitrogens with one attached hydrogen (secondary N) is 1. The topological polar surface area (TPSA) is 81.4 Å². The van der Waals surface area contributed by atoms with Crippen LogP contribution < -0.4 is 15.2 Å². The highest BCUT2D eigenvalue weighted by atomic mass is 32.2. The van der Waals surface area contributed by atoms with Crippen LogP contribution in [0.15, 0.2) is 23.1 Å². The number of nitrogens with two attached hydrogens (primary N) is 1. The fraction of sp³-hybridized carbons (Fsp3) is 0.571. The summed E-state index contributed by atoms with van der Waals surface area (Å²) in [6.07, 6.45) is 1.43. The summed E-state index contributed by atoms with van der Waals surface area (Å²) in [7, 11) is -1.99. The van der Waals surface area contributed by atoms with Crippen molar-refractivity contribution in [1.29, 1.82) is 0 Å². The van der Waals surface area contributed by atoms with Gasteiger partial charge < -0.3 is 10.5 Å². The molecule has 1 aromatic rings. The average molecular weight is 300 g/mol. The van der Waals surface area contributed by atoms with Crippen LogP contribution in [0.5, 0.6) is 5.75 Å². The second-order valence-electron chi connectivity index (χ2n) is 5.03. The van der Waals surface area contributed by atoms with Gasteiger partial charge in [-0.15, -0.1) is 0 Å². The van der Waals surface area contributed by atoms with E-state index in [0.29, 0.717) is 18.6 Å². The van der Waals surface area contributed by atoms with Crippen molar-refractivity contribution in [1.82, 2.24) is 4.72 Å². The van der Waals surface area contributed by atoms with Gasteiger partial charge in [0.25, 0.3) is 0 Å². The van der Waals surface area contributed by atoms with E-state index in [4.69, 9.17) is 10.5 Å². The molecule has 0 aliphatic heterocycles. The molecule has 0 radical (unpaired) electrons. The van der Waals surface area contributed by atoms with Crippen molar-refractivity contribution >= 4 is 10.0 Å². The van der Waals surface area contributed by atoms with Crippen LogP contribution in [-0.4, -0.2) is 27.6 Å². The van der Waals surface area contributed by atoms with Crippen molar-refractivity contribution in [3.8, 4) is 5.75 Å². The fourth-order valence-corrected chi connectivity index (χ4v) is 3.06. The monoisotopic (exact) mass is 300 g/mol. The maximum absolute atomic E-state index is 12.3. The highest BCUT2D eigenvalue weighted by Crippen LogP contribution is 2.21. The predicted octanol–water partition coefficient (Wildman–Crippen LogP) is 1.80. The number of methoxy groups -OCH3 is 1. The minimum atomic E-state index is -3.55. The van der Waals surface area contributed by atoms with Gasteiger partial charge in [0.1, 0.15) is 5.75 Å². The third kappa shape index (κ3) is 3.94. The zero-order valence-corrected chi connectivity index (χ0v) is 13.4. The summed E-state index contributed by atoms with van der Waals surface area (Å²) in [6, 6.07) is 4.78. The molecule has 5 nitrogen and oxygen atoms in total. The Morgan fingerprint density at radius 2 is 1.90 bits per heavy atom. The molecule has 0 saturated heterocycles. The number of rotatable bonds is 7. The van der Waals surface area contributed by atoms with Crippen LogP contribution in [0.4, 0.5) is 0 Å². The molecule has 0 aromatic heterocycles. The molecule has 1 aromatic carbocycles. The molecule has 0 aliphatic carbocycles. The van der Waals surface area contributed by atoms with Crippen LogP contribution in [0, 0.1) is 6.92 Å². The van der Waals surface area contributed by atoms with Crippen molar-refractivity contribution in [2.75, 3.05) is 13.7 Å². The minimum Gasteiger partial charge on any atom is -0.496 e. The summed E-state index contributed by atoms with van der Waals surface area (Å²) in [5.41, 5.74) is 6.38. The first kappa shape index (κ1) is 16.9. The van der Waals surface area contributed by atoms with Crippen molar-refractivity contribution in [3.63, 3.8) is 0 Å². The van der Waals surface area contributed by atoms with E-state index in [1.54, 1.807) is 19.2 Å². The molecule has 0 bridgehead atoms. The van der Waals surface area contributed by atoms with Gasteiger partial charge in [0.05, 0.1) is 12.0 Å². The van der Waals surface area contributed by atoms with Crippen LogP contribution in [0.3, 0.4) is 0 Å². The second kappa shape index (κ2) is 6.56. The van der Waals surface area contributed by atoms with Gasteiger partial charge in [0.2, 0.25) is 10.0 Å². The Morgan fingerprint density at radius 1 is 1.30 bits per heavy atom. The lowest BCUT2D eigenvalue weighted by molar-refractivity contribution is 0.391. The molecule has 0 spiro atoms. The van der Waals surface area contributed by atoms with Crippen LogP contribution in [0.25, 0.3) is 0 Å². The molecule has 114 valence electrons. The Hall–Kier alpha value is -1.11. The first-order chi connectivity index (χ1) is 9.28. The van der Waals surface area contributed by atoms with E-state index in [2.05, 4.69) is 4.72 Å². The minimum absolute atomic E-state index is 0.227. The Bertz CT molecular complexity index is 552. The van der Waals surface area contributed by atoms with Gasteiger partial charge in [-0.3, -0.25) is 0 Å². The number of ether oxygens (including phenoxy) is 1. The van der Waals surface area contributed by atoms with E-state index in [0.717, 1.165) is 5.56 Å². The SMILES string of the molecule is CCC(N)(CC)CNS(=O)(=O)c1ccc(OC)c(C)c1. The van der Waals surface area contributed by atoms with E-state index in [-0.39, 0.29) is 11.4 Å². The molecule has 6 heteroatoms. The van der Waals surface area contributed by atoms with E-state index in [1.165, 1.54) is 6.07 Å². The van der Waals surface area contributed by atoms with Crippen LogP contribution >= 0.6 is 0 Å². The Kier molecular flexibility index (Phi) is 5.56. The lowest BCUT2D eigenvalue weighted by Gasteiger charge is -2.26. The van der Waals surface area contributed by atoms with Gasteiger partial charge in [0, 0.05) is 12.1 Å². The van der Waals surface area contributed by atoms with Gasteiger partial charge in [-0.25, -0.2) is 13.1 Å². The fourth-order valence-electron chi connectivity index (χ4n) is 1.84. The number of sulfonamides is 1. The molecule has 0 amide bonds. The summed E-state index contributed by atoms with van der Waals surface area (Å²) in [4.78, 5) is 0.227. The van der Waals surface area contributed by atoms with Crippen molar-refractivity contribution in [2.45, 2.75) is 44.0 Å². The Morgan fingerprint density at radius 3 is 2.35 bits per heavy atom. The van der Waals surface area contributed by atoms with Crippen LogP contribution in [-0.2, 0) is 10.0 Å². The smallest absolute Gasteiger partial charge is 0.240 e. The molecule has 0 unspecified atom stereocenters. The third-order valence-electron chi connectivity index (χ3n) is 3.70. The average Bonchev–Trinajstić information content (AvgIpc) is 2.44. The zero-order chi connectivity index (χ0) is 15.4. The van der Waals surface area contributed by atoms with Gasteiger partial charge in [-0.05, 0) is 43.5 Å². The van der Waals surface area contributed by atoms with Gasteiger partial charge in [-0.1, -0.05) is 13.8 Å². The molecule has 1 rings (SSSR count). The van der Waals surface area contributed by atoms with Crippen molar-refractivity contribution in [3.05, 3.63) is 23.8 Å². The number of hydrogen-bond donors (Lipinski definition) is 2. The first-order valence-electron chi connectivity index (χ1n) is 6.71. The van der Waals surface area contributed by atoms with E-state index in [1.807, 2.05) is 20.8 Å². The first-order valence-corrected chi connectivity index (χ1v) is 8.19. The van der Waals surface area contributed by atoms with E-state index < -0.39 is 15.6 Å². The highest BCUT2D eigenvalue weighted by molar-refractivity contribution is 7.89. The van der Waals surface area contributed by atoms with Gasteiger partial charge >= 0.3 is 0 Å². The number of hydrogen-bond acceptors (Lipinski definition) is 4. The largest absolute Gasteiger partial charge is 0.496 e.